The zero-order chi connectivity index (χ0) is 21.8. The van der Waals surface area contributed by atoms with Crippen molar-refractivity contribution in [2.45, 2.75) is 109 Å². The minimum atomic E-state index is -4.12. The van der Waals surface area contributed by atoms with Crippen LogP contribution in [0.5, 0.6) is 0 Å². The number of carbonyl (C=O) groups excluding carboxylic acids is 1. The van der Waals surface area contributed by atoms with Crippen molar-refractivity contribution in [2.75, 3.05) is 12.8 Å². The van der Waals surface area contributed by atoms with Crippen molar-refractivity contribution in [1.82, 2.24) is 0 Å². The highest BCUT2D eigenvalue weighted by Gasteiger charge is 2.17. The molecule has 6 nitrogen and oxygen atoms in total. The van der Waals surface area contributed by atoms with Crippen LogP contribution in [0, 0.1) is 0 Å². The zero-order valence-electron chi connectivity index (χ0n) is 18.3. The molecule has 0 aromatic rings. The first-order valence-corrected chi connectivity index (χ1v) is 13.2. The average Bonchev–Trinajstić information content (AvgIpc) is 2.67. The number of hydrogen-bond acceptors (Lipinski definition) is 4. The summed E-state index contributed by atoms with van der Waals surface area (Å²) in [6.07, 6.45) is 19.0. The number of rotatable bonds is 20. The summed E-state index contributed by atoms with van der Waals surface area (Å²) in [6, 6.07) is 0. The third kappa shape index (κ3) is 23.5. The summed E-state index contributed by atoms with van der Waals surface area (Å²) < 4.78 is 15.7. The Kier molecular flexibility index (Phi) is 18.8. The van der Waals surface area contributed by atoms with E-state index >= 15 is 0 Å². The number of aliphatic hydroxyl groups is 1. The standard InChI is InChI=1S/C22H43O6P/c1-2-3-4-5-6-7-8-9-10-11-12-13-14-15-16-17-22(24)28-20-21(23)18-19-29(25,26)27/h9-10,21,23H,2-8,11-20H2,1H3,(H2,25,26,27)/t21-/m0/s1. The van der Waals surface area contributed by atoms with Gasteiger partial charge in [0.2, 0.25) is 0 Å². The molecule has 0 aromatic heterocycles. The van der Waals surface area contributed by atoms with E-state index in [4.69, 9.17) is 14.5 Å². The van der Waals surface area contributed by atoms with E-state index in [0.717, 1.165) is 32.1 Å². The van der Waals surface area contributed by atoms with Crippen LogP contribution in [0.2, 0.25) is 0 Å². The second kappa shape index (κ2) is 19.3. The Bertz CT molecular complexity index is 460. The van der Waals surface area contributed by atoms with Crippen LogP contribution in [-0.4, -0.2) is 39.7 Å². The number of ether oxygens (including phenoxy) is 1. The Hall–Kier alpha value is -0.680. The maximum absolute atomic E-state index is 11.6. The predicted octanol–water partition coefficient (Wildman–Crippen LogP) is 5.50. The first-order chi connectivity index (χ1) is 13.8. The number of aliphatic hydroxyl groups excluding tert-OH is 1. The van der Waals surface area contributed by atoms with Gasteiger partial charge in [0, 0.05) is 6.42 Å². The van der Waals surface area contributed by atoms with Crippen molar-refractivity contribution in [3.05, 3.63) is 12.2 Å². The van der Waals surface area contributed by atoms with Crippen LogP contribution in [0.25, 0.3) is 0 Å². The van der Waals surface area contributed by atoms with Crippen molar-refractivity contribution in [1.29, 1.82) is 0 Å². The molecule has 0 amide bonds. The molecule has 0 aliphatic heterocycles. The van der Waals surface area contributed by atoms with Gasteiger partial charge in [-0.05, 0) is 38.5 Å². The molecule has 172 valence electrons. The predicted molar refractivity (Wildman–Crippen MR) is 118 cm³/mol. The number of carbonyl (C=O) groups is 1. The van der Waals surface area contributed by atoms with Crippen molar-refractivity contribution < 1.29 is 29.0 Å². The van der Waals surface area contributed by atoms with Gasteiger partial charge in [0.05, 0.1) is 12.3 Å². The first kappa shape index (κ1) is 28.3. The fourth-order valence-corrected chi connectivity index (χ4v) is 3.64. The molecule has 29 heavy (non-hydrogen) atoms. The molecule has 0 spiro atoms. The molecule has 0 saturated heterocycles. The van der Waals surface area contributed by atoms with Crippen molar-refractivity contribution in [3.8, 4) is 0 Å². The summed E-state index contributed by atoms with van der Waals surface area (Å²) in [7, 11) is -4.12. The lowest BCUT2D eigenvalue weighted by Gasteiger charge is -2.11. The van der Waals surface area contributed by atoms with E-state index in [2.05, 4.69) is 19.1 Å². The Morgan fingerprint density at radius 2 is 1.41 bits per heavy atom. The molecule has 3 N–H and O–H groups in total. The highest BCUT2D eigenvalue weighted by Crippen LogP contribution is 2.35. The molecule has 0 saturated carbocycles. The summed E-state index contributed by atoms with van der Waals surface area (Å²) in [5.41, 5.74) is 0. The van der Waals surface area contributed by atoms with Crippen LogP contribution in [0.15, 0.2) is 12.2 Å². The van der Waals surface area contributed by atoms with Crippen LogP contribution in [-0.2, 0) is 14.1 Å². The van der Waals surface area contributed by atoms with Crippen molar-refractivity contribution in [2.24, 2.45) is 0 Å². The van der Waals surface area contributed by atoms with Gasteiger partial charge in [0.15, 0.2) is 0 Å². The van der Waals surface area contributed by atoms with E-state index in [1.807, 2.05) is 0 Å². The molecule has 0 heterocycles. The van der Waals surface area contributed by atoms with Gasteiger partial charge < -0.3 is 19.6 Å². The van der Waals surface area contributed by atoms with E-state index < -0.39 is 19.9 Å². The van der Waals surface area contributed by atoms with Crippen LogP contribution in [0.3, 0.4) is 0 Å². The summed E-state index contributed by atoms with van der Waals surface area (Å²) in [5, 5.41) is 9.54. The number of unbranched alkanes of at least 4 members (excludes halogenated alkanes) is 11. The smallest absolute Gasteiger partial charge is 0.325 e. The fourth-order valence-electron chi connectivity index (χ4n) is 3.00. The molecule has 1 atom stereocenters. The zero-order valence-corrected chi connectivity index (χ0v) is 19.2. The quantitative estimate of drug-likeness (QED) is 0.101. The maximum Gasteiger partial charge on any atom is 0.325 e. The number of esters is 1. The third-order valence-electron chi connectivity index (χ3n) is 4.83. The number of allylic oxidation sites excluding steroid dienone is 2. The van der Waals surface area contributed by atoms with Crippen molar-refractivity contribution in [3.63, 3.8) is 0 Å². The highest BCUT2D eigenvalue weighted by atomic mass is 31.2. The molecule has 0 radical (unpaired) electrons. The van der Waals surface area contributed by atoms with Crippen LogP contribution in [0.4, 0.5) is 0 Å². The molecule has 7 heteroatoms. The minimum Gasteiger partial charge on any atom is -0.463 e. The van der Waals surface area contributed by atoms with Crippen LogP contribution in [0.1, 0.15) is 103 Å². The molecule has 0 rings (SSSR count). The minimum absolute atomic E-state index is 0.0784. The van der Waals surface area contributed by atoms with E-state index in [-0.39, 0.29) is 19.0 Å². The Morgan fingerprint density at radius 1 is 0.897 bits per heavy atom. The van der Waals surface area contributed by atoms with Gasteiger partial charge in [-0.1, -0.05) is 70.4 Å². The molecular weight excluding hydrogens is 391 g/mol. The van der Waals surface area contributed by atoms with E-state index in [9.17, 15) is 14.5 Å². The maximum atomic E-state index is 11.6. The fraction of sp³-hybridized carbons (Fsp3) is 0.864. The van der Waals surface area contributed by atoms with Gasteiger partial charge in [-0.3, -0.25) is 9.36 Å². The summed E-state index contributed by atoms with van der Waals surface area (Å²) >= 11 is 0. The van der Waals surface area contributed by atoms with E-state index in [0.29, 0.717) is 6.42 Å². The van der Waals surface area contributed by atoms with Gasteiger partial charge in [-0.25, -0.2) is 0 Å². The molecule has 0 aliphatic carbocycles. The van der Waals surface area contributed by atoms with Gasteiger partial charge in [0.25, 0.3) is 0 Å². The normalized spacial score (nSPS) is 13.1. The second-order valence-electron chi connectivity index (χ2n) is 7.85. The lowest BCUT2D eigenvalue weighted by atomic mass is 10.1. The lowest BCUT2D eigenvalue weighted by Crippen LogP contribution is -2.19. The molecule has 0 bridgehead atoms. The Labute approximate surface area is 177 Å². The number of hydrogen-bond donors (Lipinski definition) is 3. The molecule has 0 aliphatic rings. The van der Waals surface area contributed by atoms with Crippen molar-refractivity contribution >= 4 is 13.6 Å². The van der Waals surface area contributed by atoms with Gasteiger partial charge in [-0.15, -0.1) is 0 Å². The second-order valence-corrected chi connectivity index (χ2v) is 9.62. The summed E-state index contributed by atoms with van der Waals surface area (Å²) in [4.78, 5) is 29.1. The first-order valence-electron chi connectivity index (χ1n) is 11.4. The lowest BCUT2D eigenvalue weighted by molar-refractivity contribution is -0.146. The molecule has 0 unspecified atom stereocenters. The van der Waals surface area contributed by atoms with E-state index in [1.54, 1.807) is 0 Å². The van der Waals surface area contributed by atoms with E-state index in [1.165, 1.54) is 51.4 Å². The third-order valence-corrected chi connectivity index (χ3v) is 5.67. The van der Waals surface area contributed by atoms with Gasteiger partial charge >= 0.3 is 13.6 Å². The topological polar surface area (TPSA) is 104 Å². The summed E-state index contributed by atoms with van der Waals surface area (Å²) in [6.45, 7) is 2.04. The Balaban J connectivity index is 3.38. The van der Waals surface area contributed by atoms with Gasteiger partial charge in [-0.2, -0.15) is 0 Å². The molecule has 0 aromatic carbocycles. The monoisotopic (exact) mass is 434 g/mol. The van der Waals surface area contributed by atoms with Crippen LogP contribution < -0.4 is 0 Å². The Morgan fingerprint density at radius 3 is 1.97 bits per heavy atom. The van der Waals surface area contributed by atoms with Gasteiger partial charge in [0.1, 0.15) is 6.61 Å². The van der Waals surface area contributed by atoms with Crippen LogP contribution >= 0.6 is 7.60 Å². The highest BCUT2D eigenvalue weighted by molar-refractivity contribution is 7.51. The molecule has 0 fully saturated rings. The molecular formula is C22H43O6P. The summed E-state index contributed by atoms with van der Waals surface area (Å²) in [5.74, 6) is -0.363. The SMILES string of the molecule is CCCCCCCCC=CCCCCCCCC(=O)OC[C@@H](O)CCP(=O)(O)O. The largest absolute Gasteiger partial charge is 0.463 e. The average molecular weight is 435 g/mol.